The van der Waals surface area contributed by atoms with Crippen molar-refractivity contribution in [3.63, 3.8) is 0 Å². The van der Waals surface area contributed by atoms with Gasteiger partial charge < -0.3 is 5.32 Å². The van der Waals surface area contributed by atoms with Crippen LogP contribution in [0, 0.1) is 17.3 Å². The molecule has 2 rings (SSSR count). The van der Waals surface area contributed by atoms with Gasteiger partial charge in [0.15, 0.2) is 0 Å². The lowest BCUT2D eigenvalue weighted by molar-refractivity contribution is -0.0165. The molecule has 1 N–H and O–H groups in total. The van der Waals surface area contributed by atoms with Crippen molar-refractivity contribution in [2.75, 3.05) is 26.2 Å². The SMILES string of the molecule is CC(C)(CC1CN(C(C)(C)C)C1)C1CCNCC1. The Balaban J connectivity index is 1.79. The lowest BCUT2D eigenvalue weighted by atomic mass is 9.68. The summed E-state index contributed by atoms with van der Waals surface area (Å²) < 4.78 is 0. The van der Waals surface area contributed by atoms with Gasteiger partial charge in [0.25, 0.3) is 0 Å². The fourth-order valence-electron chi connectivity index (χ4n) is 3.76. The number of nitrogens with zero attached hydrogens (tertiary/aromatic N) is 1. The van der Waals surface area contributed by atoms with E-state index >= 15 is 0 Å². The lowest BCUT2D eigenvalue weighted by Crippen LogP contribution is -2.57. The van der Waals surface area contributed by atoms with Gasteiger partial charge in [0.05, 0.1) is 0 Å². The molecule has 0 aromatic carbocycles. The molecule has 2 heterocycles. The Bertz CT molecular complexity index is 265. The summed E-state index contributed by atoms with van der Waals surface area (Å²) in [4.78, 5) is 2.62. The first-order valence-corrected chi connectivity index (χ1v) is 7.75. The Kier molecular flexibility index (Phi) is 4.08. The molecule has 0 saturated carbocycles. The average Bonchev–Trinajstić information content (AvgIpc) is 2.22. The van der Waals surface area contributed by atoms with Crippen molar-refractivity contribution in [3.8, 4) is 0 Å². The second-order valence-corrected chi connectivity index (χ2v) is 8.16. The van der Waals surface area contributed by atoms with Gasteiger partial charge in [-0.15, -0.1) is 0 Å². The first kappa shape index (κ1) is 14.3. The Hall–Kier alpha value is -0.0800. The van der Waals surface area contributed by atoms with Gasteiger partial charge in [0.1, 0.15) is 0 Å². The summed E-state index contributed by atoms with van der Waals surface area (Å²) in [6, 6.07) is 0. The standard InChI is InChI=1S/C16H32N2/c1-15(2,3)18-11-13(12-18)10-16(4,5)14-6-8-17-9-7-14/h13-14,17H,6-12H2,1-5H3. The number of rotatable bonds is 3. The van der Waals surface area contributed by atoms with Crippen LogP contribution in [0.15, 0.2) is 0 Å². The van der Waals surface area contributed by atoms with Crippen molar-refractivity contribution in [1.82, 2.24) is 10.2 Å². The van der Waals surface area contributed by atoms with Gasteiger partial charge in [0, 0.05) is 18.6 Å². The van der Waals surface area contributed by atoms with Crippen molar-refractivity contribution in [1.29, 1.82) is 0 Å². The zero-order chi connectivity index (χ0) is 13.4. The van der Waals surface area contributed by atoms with E-state index in [1.165, 1.54) is 45.4 Å². The summed E-state index contributed by atoms with van der Waals surface area (Å²) in [6.07, 6.45) is 4.18. The van der Waals surface area contributed by atoms with Gasteiger partial charge in [0.2, 0.25) is 0 Å². The molecule has 2 nitrogen and oxygen atoms in total. The molecule has 106 valence electrons. The van der Waals surface area contributed by atoms with Gasteiger partial charge in [-0.1, -0.05) is 13.8 Å². The second-order valence-electron chi connectivity index (χ2n) is 8.16. The van der Waals surface area contributed by atoms with Crippen LogP contribution in [0.2, 0.25) is 0 Å². The van der Waals surface area contributed by atoms with Crippen LogP contribution in [-0.4, -0.2) is 36.6 Å². The Morgan fingerprint density at radius 2 is 1.56 bits per heavy atom. The highest BCUT2D eigenvalue weighted by molar-refractivity contribution is 4.93. The molecule has 0 atom stereocenters. The molecule has 2 aliphatic rings. The predicted octanol–water partition coefficient (Wildman–Crippen LogP) is 3.13. The van der Waals surface area contributed by atoms with Gasteiger partial charge in [-0.3, -0.25) is 4.90 Å². The van der Waals surface area contributed by atoms with Crippen LogP contribution < -0.4 is 5.32 Å². The van der Waals surface area contributed by atoms with E-state index < -0.39 is 0 Å². The molecular weight excluding hydrogens is 220 g/mol. The molecule has 0 amide bonds. The number of hydrogen-bond donors (Lipinski definition) is 1. The highest BCUT2D eigenvalue weighted by atomic mass is 15.2. The maximum atomic E-state index is 3.49. The van der Waals surface area contributed by atoms with Crippen molar-refractivity contribution in [2.24, 2.45) is 17.3 Å². The van der Waals surface area contributed by atoms with Crippen molar-refractivity contribution < 1.29 is 0 Å². The summed E-state index contributed by atoms with van der Waals surface area (Å²) in [5.41, 5.74) is 0.909. The monoisotopic (exact) mass is 252 g/mol. The molecule has 0 spiro atoms. The normalized spacial score (nSPS) is 25.2. The van der Waals surface area contributed by atoms with E-state index in [2.05, 4.69) is 44.8 Å². The van der Waals surface area contributed by atoms with E-state index in [9.17, 15) is 0 Å². The van der Waals surface area contributed by atoms with Crippen LogP contribution >= 0.6 is 0 Å². The van der Waals surface area contributed by atoms with Crippen LogP contribution in [0.5, 0.6) is 0 Å². The number of nitrogens with one attached hydrogen (secondary N) is 1. The smallest absolute Gasteiger partial charge is 0.0125 e. The molecule has 0 bridgehead atoms. The topological polar surface area (TPSA) is 15.3 Å². The predicted molar refractivity (Wildman–Crippen MR) is 78.8 cm³/mol. The summed E-state index contributed by atoms with van der Waals surface area (Å²) in [7, 11) is 0. The average molecular weight is 252 g/mol. The van der Waals surface area contributed by atoms with Crippen LogP contribution in [0.4, 0.5) is 0 Å². The fraction of sp³-hybridized carbons (Fsp3) is 1.00. The summed E-state index contributed by atoms with van der Waals surface area (Å²) in [5, 5.41) is 3.49. The summed E-state index contributed by atoms with van der Waals surface area (Å²) >= 11 is 0. The van der Waals surface area contributed by atoms with Crippen LogP contribution in [-0.2, 0) is 0 Å². The Morgan fingerprint density at radius 1 is 1.00 bits per heavy atom. The van der Waals surface area contributed by atoms with E-state index in [-0.39, 0.29) is 0 Å². The molecule has 2 fully saturated rings. The summed E-state index contributed by atoms with van der Waals surface area (Å²) in [5.74, 6) is 1.87. The zero-order valence-corrected chi connectivity index (χ0v) is 13.1. The van der Waals surface area contributed by atoms with E-state index in [0.29, 0.717) is 11.0 Å². The first-order valence-electron chi connectivity index (χ1n) is 7.75. The molecule has 18 heavy (non-hydrogen) atoms. The number of hydrogen-bond acceptors (Lipinski definition) is 2. The Morgan fingerprint density at radius 3 is 2.06 bits per heavy atom. The third-order valence-electron chi connectivity index (χ3n) is 5.16. The third-order valence-corrected chi connectivity index (χ3v) is 5.16. The zero-order valence-electron chi connectivity index (χ0n) is 13.1. The molecule has 2 aliphatic heterocycles. The highest BCUT2D eigenvalue weighted by Crippen LogP contribution is 2.41. The van der Waals surface area contributed by atoms with Gasteiger partial charge in [-0.05, 0) is 70.4 Å². The molecule has 2 saturated heterocycles. The Labute approximate surface area is 114 Å². The maximum Gasteiger partial charge on any atom is 0.0125 e. The van der Waals surface area contributed by atoms with Crippen LogP contribution in [0.25, 0.3) is 0 Å². The molecule has 0 aromatic heterocycles. The quantitative estimate of drug-likeness (QED) is 0.830. The van der Waals surface area contributed by atoms with Gasteiger partial charge >= 0.3 is 0 Å². The van der Waals surface area contributed by atoms with E-state index in [4.69, 9.17) is 0 Å². The van der Waals surface area contributed by atoms with E-state index in [1.54, 1.807) is 0 Å². The molecule has 0 radical (unpaired) electrons. The molecular formula is C16H32N2. The lowest BCUT2D eigenvalue weighted by Gasteiger charge is -2.51. The molecule has 0 unspecified atom stereocenters. The first-order chi connectivity index (χ1) is 8.29. The van der Waals surface area contributed by atoms with Crippen LogP contribution in [0.3, 0.4) is 0 Å². The molecule has 0 aliphatic carbocycles. The minimum atomic E-state index is 0.370. The molecule has 2 heteroatoms. The second kappa shape index (κ2) is 5.13. The van der Waals surface area contributed by atoms with Crippen molar-refractivity contribution >= 4 is 0 Å². The third kappa shape index (κ3) is 3.27. The molecule has 0 aromatic rings. The van der Waals surface area contributed by atoms with E-state index in [1.807, 2.05) is 0 Å². The van der Waals surface area contributed by atoms with Crippen molar-refractivity contribution in [2.45, 2.75) is 59.4 Å². The van der Waals surface area contributed by atoms with Crippen molar-refractivity contribution in [3.05, 3.63) is 0 Å². The highest BCUT2D eigenvalue weighted by Gasteiger charge is 2.39. The minimum absolute atomic E-state index is 0.370. The summed E-state index contributed by atoms with van der Waals surface area (Å²) in [6.45, 7) is 17.1. The largest absolute Gasteiger partial charge is 0.317 e. The number of likely N-dealkylation sites (tertiary alicyclic amines) is 1. The van der Waals surface area contributed by atoms with Crippen LogP contribution in [0.1, 0.15) is 53.9 Å². The maximum absolute atomic E-state index is 3.49. The van der Waals surface area contributed by atoms with E-state index in [0.717, 1.165) is 11.8 Å². The number of piperidine rings is 1. The van der Waals surface area contributed by atoms with Gasteiger partial charge in [-0.2, -0.15) is 0 Å². The fourth-order valence-corrected chi connectivity index (χ4v) is 3.76. The van der Waals surface area contributed by atoms with Gasteiger partial charge in [-0.25, -0.2) is 0 Å². The minimum Gasteiger partial charge on any atom is -0.317 e.